The van der Waals surface area contributed by atoms with Crippen LogP contribution in [0.1, 0.15) is 39.6 Å². The Balaban J connectivity index is 1.83. The normalized spacial score (nSPS) is 13.3. The zero-order valence-electron chi connectivity index (χ0n) is 15.6. The minimum Gasteiger partial charge on any atom is -0.349 e. The van der Waals surface area contributed by atoms with E-state index >= 15 is 0 Å². The molecular weight excluding hydrogens is 366 g/mol. The number of benzene rings is 1. The van der Waals surface area contributed by atoms with Gasteiger partial charge in [-0.25, -0.2) is 4.98 Å². The van der Waals surface area contributed by atoms with Crippen LogP contribution in [0.2, 0.25) is 5.02 Å². The van der Waals surface area contributed by atoms with E-state index in [0.717, 1.165) is 31.5 Å². The van der Waals surface area contributed by atoms with Crippen LogP contribution >= 0.6 is 11.6 Å². The number of carbonyl (C=O) groups excluding carboxylic acids is 2. The first kappa shape index (κ1) is 19.4. The van der Waals surface area contributed by atoms with Crippen molar-refractivity contribution in [1.29, 1.82) is 0 Å². The van der Waals surface area contributed by atoms with Crippen molar-refractivity contribution in [3.8, 4) is 0 Å². The van der Waals surface area contributed by atoms with Crippen molar-refractivity contribution >= 4 is 29.1 Å². The summed E-state index contributed by atoms with van der Waals surface area (Å²) in [6, 6.07) is 7.04. The number of hydrogen-bond donors (Lipinski definition) is 2. The maximum Gasteiger partial charge on any atom is 0.291 e. The second-order valence-corrected chi connectivity index (χ2v) is 7.24. The molecule has 2 N–H and O–H groups in total. The highest BCUT2D eigenvalue weighted by atomic mass is 35.5. The maximum absolute atomic E-state index is 12.8. The summed E-state index contributed by atoms with van der Waals surface area (Å²) in [5.74, 6) is -0.347. The van der Waals surface area contributed by atoms with Crippen molar-refractivity contribution in [1.82, 2.24) is 19.8 Å². The SMILES string of the molecule is CN(C)CCNC(=O)c1nc(C(=O)Nc2ccccc2Cl)n2c1CCCC2. The van der Waals surface area contributed by atoms with E-state index in [9.17, 15) is 9.59 Å². The molecule has 1 aromatic heterocycles. The lowest BCUT2D eigenvalue weighted by molar-refractivity contribution is 0.0945. The number of nitrogens with one attached hydrogen (secondary N) is 2. The summed E-state index contributed by atoms with van der Waals surface area (Å²) >= 11 is 6.13. The summed E-state index contributed by atoms with van der Waals surface area (Å²) in [6.07, 6.45) is 2.68. The van der Waals surface area contributed by atoms with E-state index in [0.29, 0.717) is 29.5 Å². The highest BCUT2D eigenvalue weighted by Gasteiger charge is 2.27. The fourth-order valence-electron chi connectivity index (χ4n) is 3.12. The lowest BCUT2D eigenvalue weighted by Crippen LogP contribution is -2.32. The molecule has 3 rings (SSSR count). The molecule has 0 saturated carbocycles. The number of anilines is 1. The van der Waals surface area contributed by atoms with Crippen molar-refractivity contribution in [2.75, 3.05) is 32.5 Å². The van der Waals surface area contributed by atoms with Gasteiger partial charge in [0.1, 0.15) is 5.69 Å². The van der Waals surface area contributed by atoms with Crippen LogP contribution in [-0.4, -0.2) is 53.5 Å². The van der Waals surface area contributed by atoms with Gasteiger partial charge in [-0.15, -0.1) is 0 Å². The molecule has 8 heteroatoms. The third kappa shape index (κ3) is 4.48. The quantitative estimate of drug-likeness (QED) is 0.795. The first-order valence-corrected chi connectivity index (χ1v) is 9.43. The molecule has 0 aliphatic carbocycles. The predicted octanol–water partition coefficient (Wildman–Crippen LogP) is 2.42. The van der Waals surface area contributed by atoms with Crippen LogP contribution in [0.25, 0.3) is 0 Å². The van der Waals surface area contributed by atoms with Gasteiger partial charge in [-0.3, -0.25) is 9.59 Å². The molecule has 0 spiro atoms. The molecule has 2 aromatic rings. The lowest BCUT2D eigenvalue weighted by atomic mass is 10.1. The van der Waals surface area contributed by atoms with Gasteiger partial charge in [-0.05, 0) is 45.5 Å². The Bertz CT molecular complexity index is 847. The van der Waals surface area contributed by atoms with Gasteiger partial charge in [-0.2, -0.15) is 0 Å². The average Bonchev–Trinajstić information content (AvgIpc) is 3.03. The van der Waals surface area contributed by atoms with Crippen LogP contribution in [0.5, 0.6) is 0 Å². The van der Waals surface area contributed by atoms with Crippen LogP contribution < -0.4 is 10.6 Å². The molecule has 1 aliphatic rings. The van der Waals surface area contributed by atoms with E-state index in [2.05, 4.69) is 15.6 Å². The Kier molecular flexibility index (Phi) is 6.13. The standard InChI is InChI=1S/C19H24ClN5O2/c1-24(2)12-10-21-18(26)16-15-9-5-6-11-25(15)17(23-16)19(27)22-14-8-4-3-7-13(14)20/h3-4,7-8H,5-6,9-12H2,1-2H3,(H,21,26)(H,22,27). The van der Waals surface area contributed by atoms with Crippen molar-refractivity contribution in [3.05, 3.63) is 46.5 Å². The number of fused-ring (bicyclic) bond motifs is 1. The Morgan fingerprint density at radius 1 is 1.22 bits per heavy atom. The van der Waals surface area contributed by atoms with Gasteiger partial charge in [0, 0.05) is 19.6 Å². The molecule has 0 fully saturated rings. The van der Waals surface area contributed by atoms with E-state index in [4.69, 9.17) is 11.6 Å². The van der Waals surface area contributed by atoms with Gasteiger partial charge in [0.25, 0.3) is 11.8 Å². The predicted molar refractivity (Wildman–Crippen MR) is 105 cm³/mol. The van der Waals surface area contributed by atoms with Crippen LogP contribution in [-0.2, 0) is 13.0 Å². The summed E-state index contributed by atoms with van der Waals surface area (Å²) < 4.78 is 1.86. The van der Waals surface area contributed by atoms with Crippen LogP contribution in [0, 0.1) is 0 Å². The second kappa shape index (κ2) is 8.54. The number of nitrogens with zero attached hydrogens (tertiary/aromatic N) is 3. The third-order valence-corrected chi connectivity index (χ3v) is 4.83. The van der Waals surface area contributed by atoms with Crippen LogP contribution in [0.4, 0.5) is 5.69 Å². The lowest BCUT2D eigenvalue weighted by Gasteiger charge is -2.17. The highest BCUT2D eigenvalue weighted by Crippen LogP contribution is 2.24. The maximum atomic E-state index is 12.8. The molecule has 0 unspecified atom stereocenters. The Hall–Kier alpha value is -2.38. The molecule has 7 nitrogen and oxygen atoms in total. The zero-order chi connectivity index (χ0) is 19.4. The topological polar surface area (TPSA) is 79.3 Å². The smallest absolute Gasteiger partial charge is 0.291 e. The van der Waals surface area contributed by atoms with E-state index in [-0.39, 0.29) is 17.6 Å². The van der Waals surface area contributed by atoms with E-state index in [1.165, 1.54) is 0 Å². The molecule has 144 valence electrons. The van der Waals surface area contributed by atoms with Gasteiger partial charge in [0.05, 0.1) is 16.4 Å². The highest BCUT2D eigenvalue weighted by molar-refractivity contribution is 6.33. The van der Waals surface area contributed by atoms with Crippen molar-refractivity contribution < 1.29 is 9.59 Å². The molecule has 0 radical (unpaired) electrons. The van der Waals surface area contributed by atoms with Gasteiger partial charge in [-0.1, -0.05) is 23.7 Å². The van der Waals surface area contributed by atoms with Gasteiger partial charge < -0.3 is 20.1 Å². The number of amides is 2. The second-order valence-electron chi connectivity index (χ2n) is 6.83. The van der Waals surface area contributed by atoms with E-state index < -0.39 is 0 Å². The average molecular weight is 390 g/mol. The summed E-state index contributed by atoms with van der Waals surface area (Å²) in [6.45, 7) is 1.94. The van der Waals surface area contributed by atoms with Crippen molar-refractivity contribution in [3.63, 3.8) is 0 Å². The summed E-state index contributed by atoms with van der Waals surface area (Å²) in [4.78, 5) is 31.8. The number of para-hydroxylation sites is 1. The first-order valence-electron chi connectivity index (χ1n) is 9.05. The third-order valence-electron chi connectivity index (χ3n) is 4.50. The number of imidazole rings is 1. The monoisotopic (exact) mass is 389 g/mol. The largest absolute Gasteiger partial charge is 0.349 e. The van der Waals surface area contributed by atoms with Gasteiger partial charge >= 0.3 is 0 Å². The number of halogens is 1. The molecule has 1 aliphatic heterocycles. The molecular formula is C19H24ClN5O2. The van der Waals surface area contributed by atoms with E-state index in [1.54, 1.807) is 24.3 Å². The Morgan fingerprint density at radius 3 is 2.74 bits per heavy atom. The summed E-state index contributed by atoms with van der Waals surface area (Å²) in [5.41, 5.74) is 1.69. The number of carbonyl (C=O) groups is 2. The number of likely N-dealkylation sites (N-methyl/N-ethyl adjacent to an activating group) is 1. The fraction of sp³-hybridized carbons (Fsp3) is 0.421. The number of aromatic nitrogens is 2. The molecule has 0 saturated heterocycles. The van der Waals surface area contributed by atoms with Crippen LogP contribution in [0.15, 0.2) is 24.3 Å². The molecule has 2 amide bonds. The molecule has 2 heterocycles. The molecule has 0 atom stereocenters. The number of hydrogen-bond acceptors (Lipinski definition) is 4. The minimum atomic E-state index is -0.362. The first-order chi connectivity index (χ1) is 13.0. The Morgan fingerprint density at radius 2 is 2.00 bits per heavy atom. The zero-order valence-corrected chi connectivity index (χ0v) is 16.3. The Labute approximate surface area is 163 Å². The van der Waals surface area contributed by atoms with Crippen molar-refractivity contribution in [2.45, 2.75) is 25.8 Å². The minimum absolute atomic E-state index is 0.237. The number of rotatable bonds is 6. The molecule has 1 aromatic carbocycles. The summed E-state index contributed by atoms with van der Waals surface area (Å²) in [7, 11) is 3.89. The fourth-order valence-corrected chi connectivity index (χ4v) is 3.30. The summed E-state index contributed by atoms with van der Waals surface area (Å²) in [5, 5.41) is 6.13. The van der Waals surface area contributed by atoms with Gasteiger partial charge in [0.2, 0.25) is 0 Å². The molecule has 27 heavy (non-hydrogen) atoms. The van der Waals surface area contributed by atoms with Gasteiger partial charge in [0.15, 0.2) is 5.82 Å². The van der Waals surface area contributed by atoms with Crippen LogP contribution in [0.3, 0.4) is 0 Å². The molecule has 0 bridgehead atoms. The van der Waals surface area contributed by atoms with Crippen molar-refractivity contribution in [2.24, 2.45) is 0 Å². The van der Waals surface area contributed by atoms with E-state index in [1.807, 2.05) is 23.6 Å².